The van der Waals surface area contributed by atoms with Gasteiger partial charge in [0.25, 0.3) is 5.91 Å². The highest BCUT2D eigenvalue weighted by molar-refractivity contribution is 5.95. The number of nitrogens with one attached hydrogen (secondary N) is 2. The Morgan fingerprint density at radius 2 is 1.72 bits per heavy atom. The van der Waals surface area contributed by atoms with Crippen LogP contribution in [0.1, 0.15) is 29.5 Å². The molecule has 8 heteroatoms. The van der Waals surface area contributed by atoms with Crippen molar-refractivity contribution in [2.75, 3.05) is 54.1 Å². The van der Waals surface area contributed by atoms with Gasteiger partial charge in [-0.3, -0.25) is 10.1 Å². The van der Waals surface area contributed by atoms with Gasteiger partial charge in [0.15, 0.2) is 0 Å². The number of hydrogen-bond donors (Lipinski definition) is 2. The molecule has 2 bridgehead atoms. The van der Waals surface area contributed by atoms with Crippen molar-refractivity contribution in [2.45, 2.75) is 37.5 Å². The van der Waals surface area contributed by atoms with E-state index in [1.165, 1.54) is 11.1 Å². The van der Waals surface area contributed by atoms with E-state index in [2.05, 4.69) is 28.8 Å². The van der Waals surface area contributed by atoms with Gasteiger partial charge < -0.3 is 29.2 Å². The van der Waals surface area contributed by atoms with Crippen LogP contribution in [0.2, 0.25) is 0 Å². The van der Waals surface area contributed by atoms with E-state index >= 15 is 0 Å². The van der Waals surface area contributed by atoms with Gasteiger partial charge in [-0.1, -0.05) is 48.5 Å². The first kappa shape index (κ1) is 30.6. The normalized spacial score (nSPS) is 19.3. The molecule has 2 aliphatic heterocycles. The number of fused-ring (bicyclic) bond motifs is 2. The Labute approximate surface area is 255 Å². The monoisotopic (exact) mass is 585 g/mol. The third kappa shape index (κ3) is 7.57. The molecule has 43 heavy (non-hydrogen) atoms. The van der Waals surface area contributed by atoms with Crippen LogP contribution in [-0.4, -0.2) is 71.0 Å². The number of nitrogens with zero attached hydrogens (tertiary/aromatic N) is 1. The van der Waals surface area contributed by atoms with E-state index in [9.17, 15) is 4.79 Å². The van der Waals surface area contributed by atoms with Gasteiger partial charge in [0, 0.05) is 44.2 Å². The van der Waals surface area contributed by atoms with E-state index in [0.717, 1.165) is 60.7 Å². The highest BCUT2D eigenvalue weighted by Crippen LogP contribution is 2.34. The van der Waals surface area contributed by atoms with Crippen LogP contribution < -0.4 is 24.8 Å². The summed E-state index contributed by atoms with van der Waals surface area (Å²) in [5.74, 6) is 2.60. The van der Waals surface area contributed by atoms with Gasteiger partial charge in [0.1, 0.15) is 17.2 Å². The molecule has 1 amide bonds. The number of hydrogen-bond acceptors (Lipinski definition) is 7. The fourth-order valence-electron chi connectivity index (χ4n) is 5.79. The van der Waals surface area contributed by atoms with Gasteiger partial charge in [-0.2, -0.15) is 0 Å². The summed E-state index contributed by atoms with van der Waals surface area (Å²) < 4.78 is 22.4. The van der Waals surface area contributed by atoms with Gasteiger partial charge in [-0.05, 0) is 54.3 Å². The summed E-state index contributed by atoms with van der Waals surface area (Å²) in [6.07, 6.45) is 4.48. The Hall–Kier alpha value is -3.85. The smallest absolute Gasteiger partial charge is 0.250 e. The molecule has 8 nitrogen and oxygen atoms in total. The number of para-hydroxylation sites is 1. The molecule has 2 atom stereocenters. The number of benzene rings is 3. The summed E-state index contributed by atoms with van der Waals surface area (Å²) in [4.78, 5) is 15.2. The number of likely N-dealkylation sites (N-methyl/N-ethyl adjacent to an activating group) is 1. The predicted molar refractivity (Wildman–Crippen MR) is 168 cm³/mol. The molecular formula is C35H43N3O5. The van der Waals surface area contributed by atoms with E-state index in [1.807, 2.05) is 72.6 Å². The molecule has 2 aliphatic rings. The van der Waals surface area contributed by atoms with E-state index < -0.39 is 0 Å². The van der Waals surface area contributed by atoms with Crippen molar-refractivity contribution in [1.82, 2.24) is 15.5 Å². The molecule has 2 unspecified atom stereocenters. The second-order valence-electron chi connectivity index (χ2n) is 11.2. The maximum absolute atomic E-state index is 13.4. The molecule has 0 aliphatic carbocycles. The second-order valence-corrected chi connectivity index (χ2v) is 11.2. The summed E-state index contributed by atoms with van der Waals surface area (Å²) in [5.41, 5.74) is 4.00. The van der Waals surface area contributed by atoms with Crippen molar-refractivity contribution in [1.29, 1.82) is 0 Å². The van der Waals surface area contributed by atoms with Crippen molar-refractivity contribution in [3.8, 4) is 17.2 Å². The zero-order valence-electron chi connectivity index (χ0n) is 25.4. The molecule has 1 saturated heterocycles. The lowest BCUT2D eigenvalue weighted by Crippen LogP contribution is -2.65. The summed E-state index contributed by atoms with van der Waals surface area (Å²) in [5, 5.41) is 7.37. The molecule has 0 aromatic heterocycles. The summed E-state index contributed by atoms with van der Waals surface area (Å²) in [6.45, 7) is 3.90. The molecule has 0 spiro atoms. The summed E-state index contributed by atoms with van der Waals surface area (Å²) >= 11 is 0. The minimum atomic E-state index is -0.251. The van der Waals surface area contributed by atoms with Gasteiger partial charge in [0.05, 0.1) is 45.6 Å². The zero-order valence-corrected chi connectivity index (χ0v) is 25.4. The lowest BCUT2D eigenvalue weighted by Gasteiger charge is -2.47. The first-order chi connectivity index (χ1) is 21.0. The molecule has 0 saturated carbocycles. The highest BCUT2D eigenvalue weighted by atomic mass is 16.5. The highest BCUT2D eigenvalue weighted by Gasteiger charge is 2.42. The Morgan fingerprint density at radius 3 is 2.49 bits per heavy atom. The Bertz CT molecular complexity index is 1370. The van der Waals surface area contributed by atoms with Gasteiger partial charge >= 0.3 is 0 Å². The van der Waals surface area contributed by atoms with Crippen molar-refractivity contribution in [2.24, 2.45) is 0 Å². The quantitative estimate of drug-likeness (QED) is 0.270. The van der Waals surface area contributed by atoms with Crippen molar-refractivity contribution in [3.63, 3.8) is 0 Å². The fourth-order valence-corrected chi connectivity index (χ4v) is 5.79. The molecule has 2 heterocycles. The third-order valence-electron chi connectivity index (χ3n) is 8.32. The summed E-state index contributed by atoms with van der Waals surface area (Å²) in [6, 6.07) is 24.2. The SMILES string of the molecule is COc1ccc(CCN(C)C(=O)C2=CCC3(c4ccc(OCCCOCc5ccccc5OC)cc4)CNCC2N3)cc1. The third-order valence-corrected chi connectivity index (χ3v) is 8.32. The molecular weight excluding hydrogens is 542 g/mol. The second kappa shape index (κ2) is 14.6. The fraction of sp³-hybridized carbons (Fsp3) is 0.400. The van der Waals surface area contributed by atoms with Crippen LogP contribution in [0.25, 0.3) is 0 Å². The number of amides is 1. The Kier molecular flexibility index (Phi) is 10.4. The van der Waals surface area contributed by atoms with E-state index in [4.69, 9.17) is 18.9 Å². The van der Waals surface area contributed by atoms with Gasteiger partial charge in [-0.15, -0.1) is 0 Å². The molecule has 5 rings (SSSR count). The average molecular weight is 586 g/mol. The number of rotatable bonds is 14. The van der Waals surface area contributed by atoms with Gasteiger partial charge in [-0.25, -0.2) is 0 Å². The van der Waals surface area contributed by atoms with Crippen LogP contribution in [0.5, 0.6) is 17.2 Å². The van der Waals surface area contributed by atoms with E-state index in [1.54, 1.807) is 14.2 Å². The van der Waals surface area contributed by atoms with Crippen molar-refractivity contribution >= 4 is 5.91 Å². The molecule has 2 N–H and O–H groups in total. The van der Waals surface area contributed by atoms with Crippen LogP contribution in [0.3, 0.4) is 0 Å². The van der Waals surface area contributed by atoms with Crippen LogP contribution in [0.4, 0.5) is 0 Å². The standard InChI is InChI=1S/C35H43N3O5/c1-38(20-18-26-9-13-29(40-2)14-10-26)34(39)31-17-19-35(25-36-23-32(31)37-35)28-11-15-30(16-12-28)43-22-6-21-42-24-27-7-4-5-8-33(27)41-3/h4-5,7-17,32,36-37H,6,18-25H2,1-3H3. The molecule has 1 fully saturated rings. The number of methoxy groups -OCH3 is 2. The van der Waals surface area contributed by atoms with Crippen LogP contribution in [0, 0.1) is 0 Å². The van der Waals surface area contributed by atoms with E-state index in [0.29, 0.717) is 26.4 Å². The van der Waals surface area contributed by atoms with Crippen LogP contribution in [0.15, 0.2) is 84.4 Å². The largest absolute Gasteiger partial charge is 0.497 e. The number of ether oxygens (including phenoxy) is 4. The lowest BCUT2D eigenvalue weighted by atomic mass is 9.78. The Morgan fingerprint density at radius 1 is 0.953 bits per heavy atom. The number of carbonyl (C=O) groups is 1. The van der Waals surface area contributed by atoms with Crippen molar-refractivity contribution < 1.29 is 23.7 Å². The molecule has 3 aromatic rings. The molecule has 228 valence electrons. The predicted octanol–water partition coefficient (Wildman–Crippen LogP) is 4.48. The first-order valence-corrected chi connectivity index (χ1v) is 15.0. The lowest BCUT2D eigenvalue weighted by molar-refractivity contribution is -0.126. The van der Waals surface area contributed by atoms with Gasteiger partial charge in [0.2, 0.25) is 0 Å². The number of piperazine rings is 1. The van der Waals surface area contributed by atoms with Crippen LogP contribution >= 0.6 is 0 Å². The maximum atomic E-state index is 13.4. The van der Waals surface area contributed by atoms with Crippen molar-refractivity contribution in [3.05, 3.63) is 101 Å². The van der Waals surface area contributed by atoms with Crippen LogP contribution in [-0.2, 0) is 28.1 Å². The number of carbonyl (C=O) groups excluding carboxylic acids is 1. The summed E-state index contributed by atoms with van der Waals surface area (Å²) in [7, 11) is 5.22. The van der Waals surface area contributed by atoms with E-state index in [-0.39, 0.29) is 17.5 Å². The minimum Gasteiger partial charge on any atom is -0.497 e. The average Bonchev–Trinajstić information content (AvgIpc) is 3.05. The zero-order chi connectivity index (χ0) is 30.1. The molecule has 3 aromatic carbocycles. The topological polar surface area (TPSA) is 81.3 Å². The first-order valence-electron chi connectivity index (χ1n) is 15.0. The Balaban J connectivity index is 1.10. The molecule has 0 radical (unpaired) electrons. The maximum Gasteiger partial charge on any atom is 0.250 e. The minimum absolute atomic E-state index is 0.0368.